The Bertz CT molecular complexity index is 414. The molecule has 0 radical (unpaired) electrons. The van der Waals surface area contributed by atoms with E-state index < -0.39 is 12.1 Å². The molecule has 0 unspecified atom stereocenters. The van der Waals surface area contributed by atoms with Crippen molar-refractivity contribution >= 4 is 5.97 Å². The van der Waals surface area contributed by atoms with Crippen molar-refractivity contribution in [3.05, 3.63) is 42.0 Å². The van der Waals surface area contributed by atoms with Crippen LogP contribution in [-0.4, -0.2) is 34.5 Å². The molecule has 1 atom stereocenters. The highest BCUT2D eigenvalue weighted by atomic mass is 16.5. The summed E-state index contributed by atoms with van der Waals surface area (Å²) >= 11 is 0. The van der Waals surface area contributed by atoms with E-state index in [9.17, 15) is 9.90 Å². The van der Waals surface area contributed by atoms with Crippen LogP contribution in [0, 0.1) is 0 Å². The van der Waals surface area contributed by atoms with Crippen LogP contribution in [-0.2, 0) is 4.79 Å². The first kappa shape index (κ1) is 14.2. The van der Waals surface area contributed by atoms with Gasteiger partial charge >= 0.3 is 5.97 Å². The molecule has 0 aliphatic heterocycles. The summed E-state index contributed by atoms with van der Waals surface area (Å²) in [7, 11) is 0. The third-order valence-corrected chi connectivity index (χ3v) is 2.25. The van der Waals surface area contributed by atoms with Gasteiger partial charge in [-0.15, -0.1) is 0 Å². The van der Waals surface area contributed by atoms with Crippen LogP contribution >= 0.6 is 0 Å². The number of ether oxygens (including phenoxy) is 1. The fourth-order valence-electron chi connectivity index (χ4n) is 1.47. The Kier molecular flexibility index (Phi) is 5.90. The highest BCUT2D eigenvalue weighted by Gasteiger charge is 2.11. The molecule has 0 amide bonds. The molecule has 0 spiro atoms. The van der Waals surface area contributed by atoms with Gasteiger partial charge in [0.25, 0.3) is 0 Å². The Balaban J connectivity index is 2.71. The number of benzene rings is 1. The number of aliphatic hydroxyl groups is 2. The third-order valence-electron chi connectivity index (χ3n) is 2.25. The van der Waals surface area contributed by atoms with Crippen LogP contribution < -0.4 is 4.74 Å². The highest BCUT2D eigenvalue weighted by molar-refractivity contribution is 5.79. The lowest BCUT2D eigenvalue weighted by atomic mass is 10.1. The maximum Gasteiger partial charge on any atom is 0.327 e. The summed E-state index contributed by atoms with van der Waals surface area (Å²) in [5.74, 6) is -0.560. The van der Waals surface area contributed by atoms with Gasteiger partial charge in [-0.3, -0.25) is 0 Å². The molecule has 0 aliphatic rings. The first-order chi connectivity index (χ1) is 8.65. The number of hydrogen-bond donors (Lipinski definition) is 3. The highest BCUT2D eigenvalue weighted by Crippen LogP contribution is 2.27. The predicted molar refractivity (Wildman–Crippen MR) is 65.4 cm³/mol. The monoisotopic (exact) mass is 252 g/mol. The Labute approximate surface area is 105 Å². The van der Waals surface area contributed by atoms with Crippen molar-refractivity contribution in [2.24, 2.45) is 0 Å². The van der Waals surface area contributed by atoms with Crippen LogP contribution in [0.3, 0.4) is 0 Å². The van der Waals surface area contributed by atoms with E-state index in [1.54, 1.807) is 24.3 Å². The summed E-state index contributed by atoms with van der Waals surface area (Å²) in [4.78, 5) is 10.3. The molecule has 5 heteroatoms. The molecule has 0 saturated heterocycles. The summed E-state index contributed by atoms with van der Waals surface area (Å²) in [5, 5.41) is 27.1. The minimum atomic E-state index is -1.05. The second kappa shape index (κ2) is 7.47. The van der Waals surface area contributed by atoms with Crippen LogP contribution in [0.15, 0.2) is 36.4 Å². The van der Waals surface area contributed by atoms with Gasteiger partial charge < -0.3 is 20.1 Å². The molecular weight excluding hydrogens is 236 g/mol. The first-order valence-electron chi connectivity index (χ1n) is 5.55. The van der Waals surface area contributed by atoms with Gasteiger partial charge in [0.1, 0.15) is 12.4 Å². The zero-order valence-corrected chi connectivity index (χ0v) is 9.82. The van der Waals surface area contributed by atoms with E-state index in [0.29, 0.717) is 11.3 Å². The summed E-state index contributed by atoms with van der Waals surface area (Å²) in [6.45, 7) is 0.0397. The van der Waals surface area contributed by atoms with E-state index in [2.05, 4.69) is 0 Å². The summed E-state index contributed by atoms with van der Waals surface area (Å²) in [6, 6.07) is 6.91. The molecule has 0 saturated carbocycles. The fourth-order valence-corrected chi connectivity index (χ4v) is 1.47. The second-order valence-corrected chi connectivity index (χ2v) is 3.60. The average Bonchev–Trinajstić information content (AvgIpc) is 2.36. The molecule has 0 bridgehead atoms. The van der Waals surface area contributed by atoms with E-state index in [1.165, 1.54) is 6.08 Å². The molecule has 3 N–H and O–H groups in total. The summed E-state index contributed by atoms with van der Waals surface area (Å²) in [5.41, 5.74) is 0.570. The molecule has 0 fully saturated rings. The molecule has 1 rings (SSSR count). The van der Waals surface area contributed by atoms with Gasteiger partial charge in [0.15, 0.2) is 0 Å². The van der Waals surface area contributed by atoms with Crippen LogP contribution in [0.4, 0.5) is 0 Å². The number of aliphatic hydroxyl groups excluding tert-OH is 2. The standard InChI is InChI=1S/C13H16O5/c14-8-9-18-12-6-2-1-4-10(12)11(15)5-3-7-13(16)17/h1-4,6-7,11,14-15H,5,8-9H2,(H,16,17)/b7-3+/t11-/m1/s1. The third kappa shape index (κ3) is 4.57. The minimum absolute atomic E-state index is 0.108. The number of rotatable bonds is 7. The largest absolute Gasteiger partial charge is 0.491 e. The SMILES string of the molecule is O=C(O)/C=C/C[C@@H](O)c1ccccc1OCCO. The number of carbonyl (C=O) groups is 1. The van der Waals surface area contributed by atoms with Crippen LogP contribution in [0.1, 0.15) is 18.1 Å². The maximum atomic E-state index is 10.3. The Morgan fingerprint density at radius 3 is 2.78 bits per heavy atom. The number of carboxylic acid groups (broad SMARTS) is 1. The number of carboxylic acids is 1. The van der Waals surface area contributed by atoms with Crippen molar-refractivity contribution in [3.63, 3.8) is 0 Å². The van der Waals surface area contributed by atoms with Crippen molar-refractivity contribution < 1.29 is 24.9 Å². The van der Waals surface area contributed by atoms with Crippen molar-refractivity contribution in [2.45, 2.75) is 12.5 Å². The molecule has 1 aromatic carbocycles. The van der Waals surface area contributed by atoms with Crippen molar-refractivity contribution in [2.75, 3.05) is 13.2 Å². The lowest BCUT2D eigenvalue weighted by molar-refractivity contribution is -0.131. The maximum absolute atomic E-state index is 10.3. The van der Waals surface area contributed by atoms with Crippen molar-refractivity contribution in [1.29, 1.82) is 0 Å². The van der Waals surface area contributed by atoms with Gasteiger partial charge in [-0.05, 0) is 12.5 Å². The zero-order chi connectivity index (χ0) is 13.4. The van der Waals surface area contributed by atoms with Gasteiger partial charge in [-0.1, -0.05) is 24.3 Å². The smallest absolute Gasteiger partial charge is 0.327 e. The van der Waals surface area contributed by atoms with Gasteiger partial charge in [-0.2, -0.15) is 0 Å². The quantitative estimate of drug-likeness (QED) is 0.633. The van der Waals surface area contributed by atoms with Crippen molar-refractivity contribution in [1.82, 2.24) is 0 Å². The van der Waals surface area contributed by atoms with E-state index in [0.717, 1.165) is 6.08 Å². The molecule has 98 valence electrons. The summed E-state index contributed by atoms with van der Waals surface area (Å²) < 4.78 is 5.28. The summed E-state index contributed by atoms with van der Waals surface area (Å²) in [6.07, 6.45) is 1.72. The van der Waals surface area contributed by atoms with Gasteiger partial charge in [0.05, 0.1) is 12.7 Å². The lowest BCUT2D eigenvalue weighted by Gasteiger charge is -2.14. The van der Waals surface area contributed by atoms with Gasteiger partial charge in [0.2, 0.25) is 0 Å². The predicted octanol–water partition coefficient (Wildman–Crippen LogP) is 1.12. The average molecular weight is 252 g/mol. The van der Waals surface area contributed by atoms with Gasteiger partial charge in [-0.25, -0.2) is 4.79 Å². The number of para-hydroxylation sites is 1. The van der Waals surface area contributed by atoms with Crippen molar-refractivity contribution in [3.8, 4) is 5.75 Å². The Morgan fingerprint density at radius 2 is 2.11 bits per heavy atom. The van der Waals surface area contributed by atoms with E-state index >= 15 is 0 Å². The number of hydrogen-bond acceptors (Lipinski definition) is 4. The minimum Gasteiger partial charge on any atom is -0.491 e. The van der Waals surface area contributed by atoms with E-state index in [1.807, 2.05) is 0 Å². The molecule has 0 aromatic heterocycles. The van der Waals surface area contributed by atoms with Gasteiger partial charge in [0, 0.05) is 11.6 Å². The molecule has 18 heavy (non-hydrogen) atoms. The molecule has 1 aromatic rings. The van der Waals surface area contributed by atoms with Crippen LogP contribution in [0.5, 0.6) is 5.75 Å². The van der Waals surface area contributed by atoms with Crippen LogP contribution in [0.2, 0.25) is 0 Å². The normalized spacial score (nSPS) is 12.6. The molecular formula is C13H16O5. The topological polar surface area (TPSA) is 87.0 Å². The molecule has 0 aliphatic carbocycles. The number of aliphatic carboxylic acids is 1. The van der Waals surface area contributed by atoms with E-state index in [4.69, 9.17) is 14.9 Å². The second-order valence-electron chi connectivity index (χ2n) is 3.60. The fraction of sp³-hybridized carbons (Fsp3) is 0.308. The lowest BCUT2D eigenvalue weighted by Crippen LogP contribution is -2.06. The zero-order valence-electron chi connectivity index (χ0n) is 9.82. The van der Waals surface area contributed by atoms with E-state index in [-0.39, 0.29) is 19.6 Å². The molecule has 5 nitrogen and oxygen atoms in total. The van der Waals surface area contributed by atoms with Crippen LogP contribution in [0.25, 0.3) is 0 Å². The Hall–Kier alpha value is -1.85. The molecule has 0 heterocycles. The first-order valence-corrected chi connectivity index (χ1v) is 5.55. The Morgan fingerprint density at radius 1 is 1.39 bits per heavy atom.